The van der Waals surface area contributed by atoms with Gasteiger partial charge in [-0.2, -0.15) is 0 Å². The Morgan fingerprint density at radius 3 is 2.30 bits per heavy atom. The van der Waals surface area contributed by atoms with Gasteiger partial charge in [-0.1, -0.05) is 37.0 Å². The van der Waals surface area contributed by atoms with Crippen LogP contribution in [0.5, 0.6) is 0 Å². The molecule has 0 amide bonds. The molecule has 20 heavy (non-hydrogen) atoms. The van der Waals surface area contributed by atoms with Crippen LogP contribution in [-0.2, 0) is 0 Å². The van der Waals surface area contributed by atoms with Crippen molar-refractivity contribution < 1.29 is 0 Å². The Hall–Kier alpha value is -1.02. The summed E-state index contributed by atoms with van der Waals surface area (Å²) in [5.41, 5.74) is 3.18. The number of aryl methyl sites for hydroxylation is 1. The lowest BCUT2D eigenvalue weighted by Gasteiger charge is -2.42. The normalized spacial score (nSPS) is 17.9. The van der Waals surface area contributed by atoms with E-state index in [9.17, 15) is 0 Å². The lowest BCUT2D eigenvalue weighted by Crippen LogP contribution is -2.45. The molecule has 2 heteroatoms. The molecule has 1 N–H and O–H groups in total. The second-order valence-corrected chi connectivity index (χ2v) is 6.44. The zero-order valence-corrected chi connectivity index (χ0v) is 13.4. The summed E-state index contributed by atoms with van der Waals surface area (Å²) in [6.07, 6.45) is 6.95. The second kappa shape index (κ2) is 7.12. The highest BCUT2D eigenvalue weighted by Gasteiger charge is 2.33. The topological polar surface area (TPSA) is 15.3 Å². The molecule has 1 aromatic carbocycles. The van der Waals surface area contributed by atoms with Gasteiger partial charge in [0.05, 0.1) is 0 Å². The summed E-state index contributed by atoms with van der Waals surface area (Å²) in [6, 6.07) is 9.00. The first-order valence-electron chi connectivity index (χ1n) is 8.15. The van der Waals surface area contributed by atoms with Crippen molar-refractivity contribution in [2.24, 2.45) is 5.41 Å². The van der Waals surface area contributed by atoms with Gasteiger partial charge in [0.15, 0.2) is 0 Å². The smallest absolute Gasteiger partial charge is 0.0366 e. The van der Waals surface area contributed by atoms with Gasteiger partial charge in [0, 0.05) is 30.7 Å². The van der Waals surface area contributed by atoms with Crippen LogP contribution in [0.25, 0.3) is 0 Å². The first kappa shape index (κ1) is 15.4. The van der Waals surface area contributed by atoms with E-state index in [0.29, 0.717) is 5.41 Å². The van der Waals surface area contributed by atoms with Crippen LogP contribution in [0.1, 0.15) is 44.6 Å². The number of benzene rings is 1. The van der Waals surface area contributed by atoms with Gasteiger partial charge in [-0.05, 0) is 45.9 Å². The quantitative estimate of drug-likeness (QED) is 0.843. The predicted molar refractivity (Wildman–Crippen MR) is 88.5 cm³/mol. The predicted octanol–water partition coefficient (Wildman–Crippen LogP) is 3.99. The van der Waals surface area contributed by atoms with Gasteiger partial charge in [-0.3, -0.25) is 0 Å². The molecular weight excluding hydrogens is 244 g/mol. The molecule has 1 saturated carbocycles. The summed E-state index contributed by atoms with van der Waals surface area (Å²) in [5, 5.41) is 3.44. The van der Waals surface area contributed by atoms with Crippen LogP contribution in [0.15, 0.2) is 24.3 Å². The zero-order valence-electron chi connectivity index (χ0n) is 13.4. The third kappa shape index (κ3) is 3.76. The lowest BCUT2D eigenvalue weighted by atomic mass is 9.73. The molecule has 2 nitrogen and oxygen atoms in total. The maximum Gasteiger partial charge on any atom is 0.0366 e. The van der Waals surface area contributed by atoms with Crippen LogP contribution in [-0.4, -0.2) is 26.7 Å². The second-order valence-electron chi connectivity index (χ2n) is 6.44. The van der Waals surface area contributed by atoms with Crippen LogP contribution >= 0.6 is 0 Å². The first-order valence-corrected chi connectivity index (χ1v) is 8.15. The molecular formula is C18H30N2. The largest absolute Gasteiger partial charge is 0.371 e. The first-order chi connectivity index (χ1) is 9.69. The Bertz CT molecular complexity index is 385. The molecule has 112 valence electrons. The maximum atomic E-state index is 3.44. The molecule has 1 aliphatic rings. The van der Waals surface area contributed by atoms with Gasteiger partial charge in [0.25, 0.3) is 0 Å². The van der Waals surface area contributed by atoms with Crippen molar-refractivity contribution in [3.63, 3.8) is 0 Å². The van der Waals surface area contributed by atoms with Crippen molar-refractivity contribution >= 4 is 5.69 Å². The Kier molecular flexibility index (Phi) is 5.47. The minimum Gasteiger partial charge on any atom is -0.371 e. The summed E-state index contributed by atoms with van der Waals surface area (Å²) >= 11 is 0. The van der Waals surface area contributed by atoms with Crippen LogP contribution in [0, 0.1) is 12.3 Å². The SMILES string of the molecule is CCN(CC1(CNC)CCCCC1)c1ccc(C)cc1. The minimum atomic E-state index is 0.466. The minimum absolute atomic E-state index is 0.466. The summed E-state index contributed by atoms with van der Waals surface area (Å²) in [4.78, 5) is 2.56. The van der Waals surface area contributed by atoms with Gasteiger partial charge in [0.1, 0.15) is 0 Å². The Labute approximate surface area is 124 Å². The molecule has 0 radical (unpaired) electrons. The van der Waals surface area contributed by atoms with Crippen molar-refractivity contribution in [2.45, 2.75) is 46.0 Å². The van der Waals surface area contributed by atoms with E-state index in [-0.39, 0.29) is 0 Å². The van der Waals surface area contributed by atoms with Crippen molar-refractivity contribution in [2.75, 3.05) is 31.6 Å². The summed E-state index contributed by atoms with van der Waals surface area (Å²) < 4.78 is 0. The Morgan fingerprint density at radius 2 is 1.75 bits per heavy atom. The number of rotatable bonds is 6. The third-order valence-corrected chi connectivity index (χ3v) is 4.77. The van der Waals surface area contributed by atoms with Gasteiger partial charge < -0.3 is 10.2 Å². The molecule has 0 aliphatic heterocycles. The fourth-order valence-electron chi connectivity index (χ4n) is 3.61. The molecule has 0 bridgehead atoms. The molecule has 0 saturated heterocycles. The van der Waals surface area contributed by atoms with Crippen LogP contribution in [0.4, 0.5) is 5.69 Å². The Balaban J connectivity index is 2.12. The number of nitrogens with one attached hydrogen (secondary N) is 1. The van der Waals surface area contributed by atoms with E-state index in [1.807, 2.05) is 0 Å². The van der Waals surface area contributed by atoms with E-state index in [4.69, 9.17) is 0 Å². The average Bonchev–Trinajstić information content (AvgIpc) is 2.47. The van der Waals surface area contributed by atoms with Crippen LogP contribution < -0.4 is 10.2 Å². The highest BCUT2D eigenvalue weighted by Crippen LogP contribution is 2.37. The van der Waals surface area contributed by atoms with Crippen molar-refractivity contribution in [3.05, 3.63) is 29.8 Å². The molecule has 0 heterocycles. The van der Waals surface area contributed by atoms with E-state index >= 15 is 0 Å². The average molecular weight is 274 g/mol. The van der Waals surface area contributed by atoms with Crippen molar-refractivity contribution in [3.8, 4) is 0 Å². The fourth-order valence-corrected chi connectivity index (χ4v) is 3.61. The molecule has 1 aliphatic carbocycles. The molecule has 1 aromatic rings. The van der Waals surface area contributed by atoms with Gasteiger partial charge >= 0.3 is 0 Å². The molecule has 1 fully saturated rings. The standard InChI is InChI=1S/C18H30N2/c1-4-20(17-10-8-16(2)9-11-17)15-18(14-19-3)12-6-5-7-13-18/h8-11,19H,4-7,12-15H2,1-3H3. The Morgan fingerprint density at radius 1 is 1.10 bits per heavy atom. The fraction of sp³-hybridized carbons (Fsp3) is 0.667. The highest BCUT2D eigenvalue weighted by molar-refractivity contribution is 5.47. The van der Waals surface area contributed by atoms with E-state index in [0.717, 1.165) is 13.1 Å². The molecule has 0 spiro atoms. The number of hydrogen-bond donors (Lipinski definition) is 1. The van der Waals surface area contributed by atoms with E-state index in [1.165, 1.54) is 49.9 Å². The van der Waals surface area contributed by atoms with Crippen LogP contribution in [0.3, 0.4) is 0 Å². The van der Waals surface area contributed by atoms with E-state index < -0.39 is 0 Å². The summed E-state index contributed by atoms with van der Waals surface area (Å²) in [6.45, 7) is 7.86. The lowest BCUT2D eigenvalue weighted by molar-refractivity contribution is 0.192. The molecule has 0 atom stereocenters. The summed E-state index contributed by atoms with van der Waals surface area (Å²) in [7, 11) is 2.10. The van der Waals surface area contributed by atoms with Gasteiger partial charge in [-0.15, -0.1) is 0 Å². The number of anilines is 1. The number of hydrogen-bond acceptors (Lipinski definition) is 2. The van der Waals surface area contributed by atoms with Crippen LogP contribution in [0.2, 0.25) is 0 Å². The van der Waals surface area contributed by atoms with E-state index in [2.05, 4.69) is 55.4 Å². The highest BCUT2D eigenvalue weighted by atomic mass is 15.1. The summed E-state index contributed by atoms with van der Waals surface area (Å²) in [5.74, 6) is 0. The van der Waals surface area contributed by atoms with E-state index in [1.54, 1.807) is 0 Å². The molecule has 2 rings (SSSR count). The monoisotopic (exact) mass is 274 g/mol. The van der Waals surface area contributed by atoms with Gasteiger partial charge in [-0.25, -0.2) is 0 Å². The van der Waals surface area contributed by atoms with Crippen molar-refractivity contribution in [1.82, 2.24) is 5.32 Å². The van der Waals surface area contributed by atoms with Gasteiger partial charge in [0.2, 0.25) is 0 Å². The third-order valence-electron chi connectivity index (χ3n) is 4.77. The molecule has 0 aromatic heterocycles. The zero-order chi connectivity index (χ0) is 14.4. The number of nitrogens with zero attached hydrogens (tertiary/aromatic N) is 1. The van der Waals surface area contributed by atoms with Crippen molar-refractivity contribution in [1.29, 1.82) is 0 Å². The molecule has 0 unspecified atom stereocenters. The maximum absolute atomic E-state index is 3.44.